The average Bonchev–Trinajstić information content (AvgIpc) is 2.25. The Balaban J connectivity index is 2.86. The zero-order valence-corrected chi connectivity index (χ0v) is 11.4. The molecule has 0 fully saturated rings. The normalized spacial score (nSPS) is 13.6. The summed E-state index contributed by atoms with van der Waals surface area (Å²) in [4.78, 5) is -0.428. The van der Waals surface area contributed by atoms with Crippen molar-refractivity contribution in [2.45, 2.75) is 30.7 Å². The summed E-state index contributed by atoms with van der Waals surface area (Å²) < 4.78 is 39.6. The van der Waals surface area contributed by atoms with Gasteiger partial charge in [0.25, 0.3) is 0 Å². The molecule has 1 aromatic carbocycles. The maximum absolute atomic E-state index is 13.5. The molecule has 1 unspecified atom stereocenters. The van der Waals surface area contributed by atoms with Crippen LogP contribution in [-0.2, 0) is 10.0 Å². The van der Waals surface area contributed by atoms with Crippen LogP contribution in [0.2, 0.25) is 5.02 Å². The van der Waals surface area contributed by atoms with Crippen molar-refractivity contribution in [2.24, 2.45) is 0 Å². The minimum Gasteiger partial charge on any atom is -0.396 e. The maximum atomic E-state index is 13.5. The third-order valence-corrected chi connectivity index (χ3v) is 4.19. The summed E-state index contributed by atoms with van der Waals surface area (Å²) in [5.74, 6) is -0.885. The van der Waals surface area contributed by atoms with Gasteiger partial charge in [0.15, 0.2) is 0 Å². The molecule has 0 aliphatic carbocycles. The molecule has 0 heterocycles. The zero-order valence-electron chi connectivity index (χ0n) is 9.86. The summed E-state index contributed by atoms with van der Waals surface area (Å²) in [6.07, 6.45) is 0.956. The molecule has 1 atom stereocenters. The number of halogens is 2. The van der Waals surface area contributed by atoms with Crippen molar-refractivity contribution < 1.29 is 17.9 Å². The number of sulfonamides is 1. The van der Waals surface area contributed by atoms with E-state index in [0.717, 1.165) is 12.1 Å². The van der Waals surface area contributed by atoms with Crippen LogP contribution in [0.1, 0.15) is 19.8 Å². The molecule has 0 bridgehead atoms. The molecular weight excluding hydrogens is 281 g/mol. The van der Waals surface area contributed by atoms with Gasteiger partial charge >= 0.3 is 0 Å². The molecule has 7 heteroatoms. The highest BCUT2D eigenvalue weighted by Crippen LogP contribution is 2.19. The molecule has 0 spiro atoms. The summed E-state index contributed by atoms with van der Waals surface area (Å²) in [6, 6.07) is 3.02. The van der Waals surface area contributed by atoms with Crippen LogP contribution in [0.15, 0.2) is 23.1 Å². The SMILES string of the molecule is CC(CCCO)NS(=O)(=O)c1ccc(Cl)cc1F. The second-order valence-electron chi connectivity index (χ2n) is 3.96. The Bertz CT molecular complexity index is 507. The van der Waals surface area contributed by atoms with Crippen LogP contribution in [0.25, 0.3) is 0 Å². The second-order valence-corrected chi connectivity index (χ2v) is 6.08. The van der Waals surface area contributed by atoms with Gasteiger partial charge in [-0.3, -0.25) is 0 Å². The van der Waals surface area contributed by atoms with E-state index in [2.05, 4.69) is 4.72 Å². The predicted octanol–water partition coefficient (Wildman–Crippen LogP) is 1.92. The molecule has 0 aliphatic rings. The van der Waals surface area contributed by atoms with Crippen LogP contribution < -0.4 is 4.72 Å². The number of nitrogens with one attached hydrogen (secondary N) is 1. The van der Waals surface area contributed by atoms with E-state index >= 15 is 0 Å². The lowest BCUT2D eigenvalue weighted by atomic mass is 10.2. The summed E-state index contributed by atoms with van der Waals surface area (Å²) in [5, 5.41) is 8.79. The molecule has 1 aromatic rings. The van der Waals surface area contributed by atoms with Gasteiger partial charge in [0.1, 0.15) is 10.7 Å². The predicted molar refractivity (Wildman–Crippen MR) is 67.5 cm³/mol. The van der Waals surface area contributed by atoms with Crippen molar-refractivity contribution in [3.05, 3.63) is 29.0 Å². The molecule has 0 radical (unpaired) electrons. The summed E-state index contributed by atoms with van der Waals surface area (Å²) in [6.45, 7) is 1.64. The molecule has 102 valence electrons. The number of hydrogen-bond acceptors (Lipinski definition) is 3. The molecule has 1 rings (SSSR count). The first-order chi connectivity index (χ1) is 8.36. The van der Waals surface area contributed by atoms with Crippen molar-refractivity contribution in [1.82, 2.24) is 4.72 Å². The zero-order chi connectivity index (χ0) is 13.8. The van der Waals surface area contributed by atoms with Gasteiger partial charge in [0.05, 0.1) is 0 Å². The highest BCUT2D eigenvalue weighted by Gasteiger charge is 2.21. The first kappa shape index (κ1) is 15.4. The monoisotopic (exact) mass is 295 g/mol. The van der Waals surface area contributed by atoms with E-state index in [-0.39, 0.29) is 17.7 Å². The Hall–Kier alpha value is -0.690. The van der Waals surface area contributed by atoms with Crippen LogP contribution in [0.4, 0.5) is 4.39 Å². The third-order valence-electron chi connectivity index (χ3n) is 2.34. The van der Waals surface area contributed by atoms with Crippen molar-refractivity contribution in [3.8, 4) is 0 Å². The van der Waals surface area contributed by atoms with E-state index in [9.17, 15) is 12.8 Å². The summed E-state index contributed by atoms with van der Waals surface area (Å²) in [5.41, 5.74) is 0. The van der Waals surface area contributed by atoms with Crippen molar-refractivity contribution in [3.63, 3.8) is 0 Å². The number of aliphatic hydroxyl groups is 1. The maximum Gasteiger partial charge on any atom is 0.243 e. The largest absolute Gasteiger partial charge is 0.396 e. The van der Waals surface area contributed by atoms with E-state index < -0.39 is 20.7 Å². The van der Waals surface area contributed by atoms with Crippen molar-refractivity contribution in [2.75, 3.05) is 6.61 Å². The topological polar surface area (TPSA) is 66.4 Å². The molecule has 0 amide bonds. The van der Waals surface area contributed by atoms with Gasteiger partial charge in [-0.1, -0.05) is 11.6 Å². The van der Waals surface area contributed by atoms with Crippen LogP contribution >= 0.6 is 11.6 Å². The Kier molecular flexibility index (Phi) is 5.52. The van der Waals surface area contributed by atoms with Crippen molar-refractivity contribution >= 4 is 21.6 Å². The number of benzene rings is 1. The highest BCUT2D eigenvalue weighted by molar-refractivity contribution is 7.89. The average molecular weight is 296 g/mol. The van der Waals surface area contributed by atoms with Gasteiger partial charge in [-0.05, 0) is 38.0 Å². The van der Waals surface area contributed by atoms with E-state index in [4.69, 9.17) is 16.7 Å². The van der Waals surface area contributed by atoms with Gasteiger partial charge in [0.2, 0.25) is 10.0 Å². The van der Waals surface area contributed by atoms with Crippen LogP contribution in [-0.4, -0.2) is 26.2 Å². The minimum atomic E-state index is -3.90. The van der Waals surface area contributed by atoms with Crippen LogP contribution in [0.5, 0.6) is 0 Å². The number of rotatable bonds is 6. The third kappa shape index (κ3) is 4.20. The molecular formula is C11H15ClFNO3S. The molecule has 18 heavy (non-hydrogen) atoms. The molecule has 2 N–H and O–H groups in total. The minimum absolute atomic E-state index is 0.0125. The molecule has 4 nitrogen and oxygen atoms in total. The van der Waals surface area contributed by atoms with E-state index in [1.54, 1.807) is 6.92 Å². The van der Waals surface area contributed by atoms with Gasteiger partial charge in [0, 0.05) is 17.7 Å². The lowest BCUT2D eigenvalue weighted by Crippen LogP contribution is -2.33. The first-order valence-corrected chi connectivity index (χ1v) is 7.31. The molecule has 0 aliphatic heterocycles. The quantitative estimate of drug-likeness (QED) is 0.842. The van der Waals surface area contributed by atoms with E-state index in [0.29, 0.717) is 12.8 Å². The number of hydrogen-bond donors (Lipinski definition) is 2. The standard InChI is InChI=1S/C11H15ClFNO3S/c1-8(3-2-6-15)14-18(16,17)11-5-4-9(12)7-10(11)13/h4-5,7-8,14-15H,2-3,6H2,1H3. The van der Waals surface area contributed by atoms with Gasteiger partial charge in [-0.25, -0.2) is 17.5 Å². The second kappa shape index (κ2) is 6.47. The van der Waals surface area contributed by atoms with Crippen LogP contribution in [0, 0.1) is 5.82 Å². The van der Waals surface area contributed by atoms with Gasteiger partial charge in [-0.2, -0.15) is 0 Å². The smallest absolute Gasteiger partial charge is 0.243 e. The molecule has 0 aromatic heterocycles. The summed E-state index contributed by atoms with van der Waals surface area (Å²) in [7, 11) is -3.90. The fraction of sp³-hybridized carbons (Fsp3) is 0.455. The van der Waals surface area contributed by atoms with Crippen molar-refractivity contribution in [1.29, 1.82) is 0 Å². The number of aliphatic hydroxyl groups excluding tert-OH is 1. The Labute approximate surface area is 111 Å². The fourth-order valence-electron chi connectivity index (χ4n) is 1.48. The summed E-state index contributed by atoms with van der Waals surface area (Å²) >= 11 is 5.56. The Morgan fingerprint density at radius 2 is 2.17 bits per heavy atom. The van der Waals surface area contributed by atoms with E-state index in [1.165, 1.54) is 6.07 Å². The lowest BCUT2D eigenvalue weighted by Gasteiger charge is -2.14. The Morgan fingerprint density at radius 3 is 2.72 bits per heavy atom. The Morgan fingerprint density at radius 1 is 1.50 bits per heavy atom. The first-order valence-electron chi connectivity index (χ1n) is 5.45. The van der Waals surface area contributed by atoms with Crippen LogP contribution in [0.3, 0.4) is 0 Å². The molecule has 0 saturated heterocycles. The fourth-order valence-corrected chi connectivity index (χ4v) is 2.97. The molecule has 0 saturated carbocycles. The van der Waals surface area contributed by atoms with Gasteiger partial charge in [-0.15, -0.1) is 0 Å². The highest BCUT2D eigenvalue weighted by atomic mass is 35.5. The van der Waals surface area contributed by atoms with Gasteiger partial charge < -0.3 is 5.11 Å². The lowest BCUT2D eigenvalue weighted by molar-refractivity contribution is 0.279. The van der Waals surface area contributed by atoms with E-state index in [1.807, 2.05) is 0 Å².